The summed E-state index contributed by atoms with van der Waals surface area (Å²) in [6.07, 6.45) is 3.30. The maximum atomic E-state index is 11.4. The number of nitrogens with one attached hydrogen (secondary N) is 1. The predicted molar refractivity (Wildman–Crippen MR) is 74.9 cm³/mol. The highest BCUT2D eigenvalue weighted by Crippen LogP contribution is 2.48. The summed E-state index contributed by atoms with van der Waals surface area (Å²) in [4.78, 5) is 11.4. The second kappa shape index (κ2) is 5.54. The molecule has 0 heterocycles. The zero-order chi connectivity index (χ0) is 14.1. The molecule has 2 aliphatic carbocycles. The first-order valence-corrected chi connectivity index (χ1v) is 7.34. The van der Waals surface area contributed by atoms with E-state index in [0.717, 1.165) is 30.4 Å². The zero-order valence-corrected chi connectivity index (χ0v) is 11.5. The van der Waals surface area contributed by atoms with Crippen molar-refractivity contribution in [2.45, 2.75) is 38.5 Å². The largest absolute Gasteiger partial charge is 0.481 e. The van der Waals surface area contributed by atoms with Gasteiger partial charge in [-0.1, -0.05) is 24.3 Å². The maximum Gasteiger partial charge on any atom is 0.308 e. The molecule has 0 radical (unpaired) electrons. The Bertz CT molecular complexity index is 485. The summed E-state index contributed by atoms with van der Waals surface area (Å²) in [6, 6.07) is 7.91. The van der Waals surface area contributed by atoms with Crippen LogP contribution in [0.4, 0.5) is 0 Å². The third-order valence-corrected chi connectivity index (χ3v) is 4.95. The number of carboxylic acids is 1. The van der Waals surface area contributed by atoms with Gasteiger partial charge in [-0.15, -0.1) is 0 Å². The molecule has 1 aromatic rings. The Labute approximate surface area is 118 Å². The van der Waals surface area contributed by atoms with Gasteiger partial charge in [-0.05, 0) is 42.2 Å². The normalized spacial score (nSPS) is 31.6. The van der Waals surface area contributed by atoms with E-state index >= 15 is 0 Å². The lowest BCUT2D eigenvalue weighted by atomic mass is 9.84. The molecule has 108 valence electrons. The molecule has 2 bridgehead atoms. The molecule has 3 rings (SSSR count). The van der Waals surface area contributed by atoms with Crippen LogP contribution in [0.2, 0.25) is 0 Å². The van der Waals surface area contributed by atoms with Gasteiger partial charge < -0.3 is 15.5 Å². The van der Waals surface area contributed by atoms with Crippen LogP contribution in [-0.4, -0.2) is 22.2 Å². The minimum absolute atomic E-state index is 0.0567. The molecular weight excluding hydrogens is 254 g/mol. The van der Waals surface area contributed by atoms with Crippen LogP contribution in [0.5, 0.6) is 0 Å². The number of benzene rings is 1. The van der Waals surface area contributed by atoms with Crippen LogP contribution in [0.15, 0.2) is 24.3 Å². The van der Waals surface area contributed by atoms with Crippen LogP contribution >= 0.6 is 0 Å². The molecule has 20 heavy (non-hydrogen) atoms. The lowest BCUT2D eigenvalue weighted by Gasteiger charge is -2.29. The topological polar surface area (TPSA) is 69.6 Å². The summed E-state index contributed by atoms with van der Waals surface area (Å²) < 4.78 is 0. The molecule has 0 saturated heterocycles. The number of aliphatic hydroxyl groups is 1. The molecule has 4 nitrogen and oxygen atoms in total. The van der Waals surface area contributed by atoms with Gasteiger partial charge in [-0.25, -0.2) is 0 Å². The quantitative estimate of drug-likeness (QED) is 0.766. The van der Waals surface area contributed by atoms with Gasteiger partial charge in [0.25, 0.3) is 0 Å². The van der Waals surface area contributed by atoms with E-state index < -0.39 is 5.97 Å². The van der Waals surface area contributed by atoms with E-state index in [4.69, 9.17) is 5.11 Å². The molecule has 4 heteroatoms. The lowest BCUT2D eigenvalue weighted by molar-refractivity contribution is -0.144. The first kappa shape index (κ1) is 13.6. The molecular formula is C16H21NO3. The Kier molecular flexibility index (Phi) is 3.76. The van der Waals surface area contributed by atoms with E-state index in [2.05, 4.69) is 5.32 Å². The van der Waals surface area contributed by atoms with Crippen molar-refractivity contribution in [2.24, 2.45) is 17.8 Å². The Morgan fingerprint density at radius 2 is 1.80 bits per heavy atom. The fourth-order valence-corrected chi connectivity index (χ4v) is 3.94. The molecule has 2 aliphatic rings. The number of carboxylic acid groups (broad SMARTS) is 1. The van der Waals surface area contributed by atoms with Gasteiger partial charge >= 0.3 is 5.97 Å². The number of aliphatic carboxylic acids is 1. The van der Waals surface area contributed by atoms with Crippen LogP contribution in [0, 0.1) is 17.8 Å². The highest BCUT2D eigenvalue weighted by molar-refractivity contribution is 5.72. The van der Waals surface area contributed by atoms with Gasteiger partial charge in [0, 0.05) is 12.6 Å². The van der Waals surface area contributed by atoms with Crippen LogP contribution in [0.25, 0.3) is 0 Å². The molecule has 4 unspecified atom stereocenters. The average molecular weight is 275 g/mol. The Morgan fingerprint density at radius 1 is 1.15 bits per heavy atom. The molecule has 3 N–H and O–H groups in total. The van der Waals surface area contributed by atoms with Crippen molar-refractivity contribution >= 4 is 5.97 Å². The predicted octanol–water partition coefficient (Wildman–Crippen LogP) is 1.77. The van der Waals surface area contributed by atoms with Crippen molar-refractivity contribution < 1.29 is 15.0 Å². The second-order valence-electron chi connectivity index (χ2n) is 6.08. The summed E-state index contributed by atoms with van der Waals surface area (Å²) in [7, 11) is 0. The molecule has 0 aromatic heterocycles. The molecule has 1 aromatic carbocycles. The standard InChI is InChI=1S/C16H21NO3/c18-9-11-3-1-10(2-4-11)8-17-15-13-6-5-12(7-13)14(15)16(19)20/h1-4,12-15,17-18H,5-9H2,(H,19,20). The highest BCUT2D eigenvalue weighted by Gasteiger charge is 2.50. The van der Waals surface area contributed by atoms with E-state index in [9.17, 15) is 9.90 Å². The first-order valence-electron chi connectivity index (χ1n) is 7.34. The SMILES string of the molecule is O=C(O)C1C2CCC(C2)C1NCc1ccc(CO)cc1. The van der Waals surface area contributed by atoms with Crippen LogP contribution in [0.1, 0.15) is 30.4 Å². The molecule has 0 amide bonds. The number of hydrogen-bond donors (Lipinski definition) is 3. The third-order valence-electron chi connectivity index (χ3n) is 4.95. The minimum Gasteiger partial charge on any atom is -0.481 e. The summed E-state index contributed by atoms with van der Waals surface area (Å²) in [6.45, 7) is 0.755. The summed E-state index contributed by atoms with van der Waals surface area (Å²) in [5, 5.41) is 21.9. The molecule has 0 spiro atoms. The van der Waals surface area contributed by atoms with Crippen LogP contribution in [-0.2, 0) is 17.9 Å². The fourth-order valence-electron chi connectivity index (χ4n) is 3.94. The molecule has 4 atom stereocenters. The van der Waals surface area contributed by atoms with Crippen molar-refractivity contribution in [3.05, 3.63) is 35.4 Å². The van der Waals surface area contributed by atoms with Gasteiger partial charge in [0.1, 0.15) is 0 Å². The van der Waals surface area contributed by atoms with Crippen molar-refractivity contribution in [2.75, 3.05) is 0 Å². The number of fused-ring (bicyclic) bond motifs is 2. The van der Waals surface area contributed by atoms with E-state index in [-0.39, 0.29) is 18.6 Å². The van der Waals surface area contributed by atoms with Gasteiger partial charge in [0.2, 0.25) is 0 Å². The first-order chi connectivity index (χ1) is 9.69. The van der Waals surface area contributed by atoms with Crippen molar-refractivity contribution in [1.82, 2.24) is 5.32 Å². The number of aliphatic hydroxyl groups excluding tert-OH is 1. The Balaban J connectivity index is 1.63. The van der Waals surface area contributed by atoms with Gasteiger partial charge in [0.15, 0.2) is 0 Å². The third kappa shape index (κ3) is 2.45. The Hall–Kier alpha value is -1.39. The fraction of sp³-hybridized carbons (Fsp3) is 0.562. The smallest absolute Gasteiger partial charge is 0.308 e. The number of rotatable bonds is 5. The molecule has 2 fully saturated rings. The van der Waals surface area contributed by atoms with E-state index in [1.54, 1.807) is 0 Å². The van der Waals surface area contributed by atoms with Crippen molar-refractivity contribution in [3.63, 3.8) is 0 Å². The maximum absolute atomic E-state index is 11.4. The minimum atomic E-state index is -0.648. The molecule has 2 saturated carbocycles. The Morgan fingerprint density at radius 3 is 2.45 bits per heavy atom. The average Bonchev–Trinajstić information content (AvgIpc) is 3.06. The van der Waals surface area contributed by atoms with Crippen LogP contribution in [0.3, 0.4) is 0 Å². The van der Waals surface area contributed by atoms with Gasteiger partial charge in [-0.3, -0.25) is 4.79 Å². The second-order valence-corrected chi connectivity index (χ2v) is 6.08. The summed E-state index contributed by atoms with van der Waals surface area (Å²) in [5.41, 5.74) is 2.03. The summed E-state index contributed by atoms with van der Waals surface area (Å²) >= 11 is 0. The van der Waals surface area contributed by atoms with E-state index in [1.165, 1.54) is 0 Å². The zero-order valence-electron chi connectivity index (χ0n) is 11.5. The number of carbonyl (C=O) groups is 1. The van der Waals surface area contributed by atoms with Gasteiger partial charge in [-0.2, -0.15) is 0 Å². The number of hydrogen-bond acceptors (Lipinski definition) is 3. The summed E-state index contributed by atoms with van der Waals surface area (Å²) in [5.74, 6) is 0.0281. The van der Waals surface area contributed by atoms with Crippen LogP contribution < -0.4 is 5.32 Å². The van der Waals surface area contributed by atoms with Gasteiger partial charge in [0.05, 0.1) is 12.5 Å². The molecule has 0 aliphatic heterocycles. The van der Waals surface area contributed by atoms with Crippen molar-refractivity contribution in [3.8, 4) is 0 Å². The van der Waals surface area contributed by atoms with E-state index in [0.29, 0.717) is 18.4 Å². The monoisotopic (exact) mass is 275 g/mol. The van der Waals surface area contributed by atoms with Crippen molar-refractivity contribution in [1.29, 1.82) is 0 Å². The van der Waals surface area contributed by atoms with E-state index in [1.807, 2.05) is 24.3 Å². The lowest BCUT2D eigenvalue weighted by Crippen LogP contribution is -2.43. The highest BCUT2D eigenvalue weighted by atomic mass is 16.4.